The molecular formula is C14H17FN2O4. The summed E-state index contributed by atoms with van der Waals surface area (Å²) in [7, 11) is 0. The van der Waals surface area contributed by atoms with Gasteiger partial charge in [-0.05, 0) is 37.8 Å². The summed E-state index contributed by atoms with van der Waals surface area (Å²) >= 11 is 0. The SMILES string of the molecule is Cc1cc(F)cc(C(=O)N2CCC(CO)CC2)c1[N+](=O)[O-]. The zero-order valence-electron chi connectivity index (χ0n) is 11.7. The summed E-state index contributed by atoms with van der Waals surface area (Å²) in [4.78, 5) is 24.4. The molecule has 2 rings (SSSR count). The van der Waals surface area contributed by atoms with Crippen LogP contribution in [0.3, 0.4) is 0 Å². The lowest BCUT2D eigenvalue weighted by molar-refractivity contribution is -0.385. The van der Waals surface area contributed by atoms with Crippen LogP contribution in [-0.2, 0) is 0 Å². The first kappa shape index (κ1) is 15.4. The van der Waals surface area contributed by atoms with Crippen LogP contribution in [0.4, 0.5) is 10.1 Å². The third-order valence-electron chi connectivity index (χ3n) is 3.84. The maximum Gasteiger partial charge on any atom is 0.285 e. The fourth-order valence-corrected chi connectivity index (χ4v) is 2.63. The van der Waals surface area contributed by atoms with Crippen LogP contribution in [0.5, 0.6) is 0 Å². The summed E-state index contributed by atoms with van der Waals surface area (Å²) < 4.78 is 13.5. The van der Waals surface area contributed by atoms with Crippen LogP contribution < -0.4 is 0 Å². The molecule has 1 aromatic rings. The number of halogens is 1. The number of carbonyl (C=O) groups is 1. The van der Waals surface area contributed by atoms with Crippen LogP contribution in [0.1, 0.15) is 28.8 Å². The van der Waals surface area contributed by atoms with E-state index >= 15 is 0 Å². The molecule has 0 spiro atoms. The molecule has 1 amide bonds. The monoisotopic (exact) mass is 296 g/mol. The molecule has 0 atom stereocenters. The van der Waals surface area contributed by atoms with Crippen LogP contribution in [-0.4, -0.2) is 40.5 Å². The van der Waals surface area contributed by atoms with E-state index in [-0.39, 0.29) is 29.3 Å². The first-order valence-electron chi connectivity index (χ1n) is 6.78. The van der Waals surface area contributed by atoms with Crippen molar-refractivity contribution in [2.45, 2.75) is 19.8 Å². The minimum Gasteiger partial charge on any atom is -0.396 e. The second kappa shape index (κ2) is 6.17. The molecule has 1 aliphatic rings. The summed E-state index contributed by atoms with van der Waals surface area (Å²) in [5, 5.41) is 20.2. The van der Waals surface area contributed by atoms with Crippen molar-refractivity contribution in [2.24, 2.45) is 5.92 Å². The van der Waals surface area contributed by atoms with Gasteiger partial charge >= 0.3 is 0 Å². The fraction of sp³-hybridized carbons (Fsp3) is 0.500. The molecule has 1 heterocycles. The van der Waals surface area contributed by atoms with Crippen molar-refractivity contribution >= 4 is 11.6 Å². The number of aryl methyl sites for hydroxylation is 1. The molecule has 0 unspecified atom stereocenters. The molecule has 1 fully saturated rings. The second-order valence-corrected chi connectivity index (χ2v) is 5.29. The highest BCUT2D eigenvalue weighted by molar-refractivity contribution is 5.98. The van der Waals surface area contributed by atoms with E-state index in [0.29, 0.717) is 25.9 Å². The zero-order valence-corrected chi connectivity index (χ0v) is 11.7. The summed E-state index contributed by atoms with van der Waals surface area (Å²) in [6.07, 6.45) is 1.29. The number of carbonyl (C=O) groups excluding carboxylic acids is 1. The van der Waals surface area contributed by atoms with Crippen molar-refractivity contribution in [1.29, 1.82) is 0 Å². The normalized spacial score (nSPS) is 16.0. The van der Waals surface area contributed by atoms with Gasteiger partial charge in [0, 0.05) is 25.3 Å². The van der Waals surface area contributed by atoms with Gasteiger partial charge in [-0.15, -0.1) is 0 Å². The number of likely N-dealkylation sites (tertiary alicyclic amines) is 1. The average molecular weight is 296 g/mol. The van der Waals surface area contributed by atoms with E-state index in [1.807, 2.05) is 0 Å². The van der Waals surface area contributed by atoms with Crippen molar-refractivity contribution in [2.75, 3.05) is 19.7 Å². The summed E-state index contributed by atoms with van der Waals surface area (Å²) in [6, 6.07) is 1.97. The van der Waals surface area contributed by atoms with Gasteiger partial charge in [-0.1, -0.05) is 0 Å². The Morgan fingerprint density at radius 1 is 1.48 bits per heavy atom. The average Bonchev–Trinajstić information content (AvgIpc) is 2.45. The maximum atomic E-state index is 13.5. The molecule has 0 aromatic heterocycles. The Morgan fingerprint density at radius 2 is 2.10 bits per heavy atom. The number of nitro benzene ring substituents is 1. The van der Waals surface area contributed by atoms with Crippen LogP contribution in [0.25, 0.3) is 0 Å². The van der Waals surface area contributed by atoms with Gasteiger partial charge in [-0.2, -0.15) is 0 Å². The largest absolute Gasteiger partial charge is 0.396 e. The van der Waals surface area contributed by atoms with Crippen molar-refractivity contribution in [1.82, 2.24) is 4.90 Å². The van der Waals surface area contributed by atoms with E-state index in [0.717, 1.165) is 12.1 Å². The molecule has 1 N–H and O–H groups in total. The highest BCUT2D eigenvalue weighted by Crippen LogP contribution is 2.27. The molecule has 6 nitrogen and oxygen atoms in total. The lowest BCUT2D eigenvalue weighted by Gasteiger charge is -2.31. The van der Waals surface area contributed by atoms with E-state index in [1.165, 1.54) is 11.8 Å². The summed E-state index contributed by atoms with van der Waals surface area (Å²) in [5.41, 5.74) is -0.417. The van der Waals surface area contributed by atoms with Gasteiger partial charge in [0.25, 0.3) is 11.6 Å². The Balaban J connectivity index is 2.29. The van der Waals surface area contributed by atoms with Gasteiger partial charge in [-0.25, -0.2) is 4.39 Å². The number of piperidine rings is 1. The third-order valence-corrected chi connectivity index (χ3v) is 3.84. The van der Waals surface area contributed by atoms with Gasteiger partial charge < -0.3 is 10.0 Å². The third kappa shape index (κ3) is 3.18. The molecule has 114 valence electrons. The lowest BCUT2D eigenvalue weighted by Crippen LogP contribution is -2.39. The number of aliphatic hydroxyl groups excluding tert-OH is 1. The lowest BCUT2D eigenvalue weighted by atomic mass is 9.97. The van der Waals surface area contributed by atoms with Crippen LogP contribution in [0.2, 0.25) is 0 Å². The molecule has 1 aromatic carbocycles. The zero-order chi connectivity index (χ0) is 15.6. The van der Waals surface area contributed by atoms with E-state index < -0.39 is 16.6 Å². The Bertz CT molecular complexity index is 568. The van der Waals surface area contributed by atoms with Gasteiger partial charge in [0.1, 0.15) is 11.4 Å². The van der Waals surface area contributed by atoms with E-state index in [9.17, 15) is 19.3 Å². The minimum atomic E-state index is -0.660. The fourth-order valence-electron chi connectivity index (χ4n) is 2.63. The summed E-state index contributed by atoms with van der Waals surface area (Å²) in [6.45, 7) is 2.31. The first-order chi connectivity index (χ1) is 9.93. The Kier molecular flexibility index (Phi) is 4.52. The smallest absolute Gasteiger partial charge is 0.285 e. The highest BCUT2D eigenvalue weighted by Gasteiger charge is 2.30. The molecule has 21 heavy (non-hydrogen) atoms. The van der Waals surface area contributed by atoms with Crippen molar-refractivity contribution in [3.05, 3.63) is 39.2 Å². The first-order valence-corrected chi connectivity index (χ1v) is 6.78. The Labute approximate surface area is 121 Å². The quantitative estimate of drug-likeness (QED) is 0.682. The molecule has 0 aliphatic carbocycles. The number of nitrogens with zero attached hydrogens (tertiary/aromatic N) is 2. The molecule has 1 aliphatic heterocycles. The molecule has 0 radical (unpaired) electrons. The molecule has 7 heteroatoms. The van der Waals surface area contributed by atoms with Crippen molar-refractivity contribution in [3.8, 4) is 0 Å². The Morgan fingerprint density at radius 3 is 2.62 bits per heavy atom. The van der Waals surface area contributed by atoms with Gasteiger partial charge in [-0.3, -0.25) is 14.9 Å². The number of hydrogen-bond donors (Lipinski definition) is 1. The molecule has 1 saturated heterocycles. The summed E-state index contributed by atoms with van der Waals surface area (Å²) in [5.74, 6) is -1.04. The predicted molar refractivity (Wildman–Crippen MR) is 73.5 cm³/mol. The molecule has 0 bridgehead atoms. The number of rotatable bonds is 3. The van der Waals surface area contributed by atoms with E-state index in [4.69, 9.17) is 5.11 Å². The van der Waals surface area contributed by atoms with Gasteiger partial charge in [0.2, 0.25) is 0 Å². The number of hydrogen-bond acceptors (Lipinski definition) is 4. The number of nitro groups is 1. The van der Waals surface area contributed by atoms with Crippen LogP contribution in [0, 0.1) is 28.8 Å². The maximum absolute atomic E-state index is 13.5. The minimum absolute atomic E-state index is 0.0707. The number of benzene rings is 1. The standard InChI is InChI=1S/C14H17FN2O4/c1-9-6-11(15)7-12(13(9)17(20)21)14(19)16-4-2-10(8-18)3-5-16/h6-7,10,18H,2-5,8H2,1H3. The van der Waals surface area contributed by atoms with Gasteiger partial charge in [0.15, 0.2) is 0 Å². The molecular weight excluding hydrogens is 279 g/mol. The van der Waals surface area contributed by atoms with E-state index in [1.54, 1.807) is 0 Å². The molecule has 0 saturated carbocycles. The topological polar surface area (TPSA) is 83.7 Å². The van der Waals surface area contributed by atoms with Crippen molar-refractivity contribution < 1.29 is 19.2 Å². The van der Waals surface area contributed by atoms with Crippen LogP contribution in [0.15, 0.2) is 12.1 Å². The van der Waals surface area contributed by atoms with Crippen LogP contribution >= 0.6 is 0 Å². The van der Waals surface area contributed by atoms with E-state index in [2.05, 4.69) is 0 Å². The van der Waals surface area contributed by atoms with Gasteiger partial charge in [0.05, 0.1) is 4.92 Å². The predicted octanol–water partition coefficient (Wildman–Crippen LogP) is 1.89. The van der Waals surface area contributed by atoms with Crippen molar-refractivity contribution in [3.63, 3.8) is 0 Å². The number of amides is 1. The second-order valence-electron chi connectivity index (χ2n) is 5.29. The number of aliphatic hydroxyl groups is 1. The highest BCUT2D eigenvalue weighted by atomic mass is 19.1. The Hall–Kier alpha value is -2.02.